The molecule has 1 aromatic rings. The van der Waals surface area contributed by atoms with E-state index in [1.807, 2.05) is 30.3 Å². The van der Waals surface area contributed by atoms with E-state index in [1.54, 1.807) is 13.8 Å². The van der Waals surface area contributed by atoms with Crippen LogP contribution >= 0.6 is 0 Å². The van der Waals surface area contributed by atoms with Crippen LogP contribution in [-0.4, -0.2) is 53.6 Å². The third kappa shape index (κ3) is 4.67. The van der Waals surface area contributed by atoms with Crippen molar-refractivity contribution in [2.24, 2.45) is 5.11 Å². The lowest BCUT2D eigenvalue weighted by Gasteiger charge is -2.29. The summed E-state index contributed by atoms with van der Waals surface area (Å²) < 4.78 is 17.4. The molecule has 1 fully saturated rings. The number of ether oxygens (including phenoxy) is 3. The van der Waals surface area contributed by atoms with Crippen molar-refractivity contribution < 1.29 is 24.4 Å². The van der Waals surface area contributed by atoms with E-state index in [0.717, 1.165) is 5.56 Å². The number of aliphatic hydroxyl groups excluding tert-OH is 2. The Bertz CT molecular complexity index is 562. The van der Waals surface area contributed by atoms with Crippen molar-refractivity contribution >= 4 is 0 Å². The van der Waals surface area contributed by atoms with Gasteiger partial charge in [-0.15, -0.1) is 0 Å². The number of azide groups is 1. The Morgan fingerprint density at radius 3 is 2.58 bits per heavy atom. The summed E-state index contributed by atoms with van der Waals surface area (Å²) in [5.74, 6) is -0.900. The summed E-state index contributed by atoms with van der Waals surface area (Å²) >= 11 is 0. The highest BCUT2D eigenvalue weighted by atomic mass is 16.8. The summed E-state index contributed by atoms with van der Waals surface area (Å²) in [6, 6.07) is 8.63. The molecule has 1 saturated heterocycles. The summed E-state index contributed by atoms with van der Waals surface area (Å²) in [6.45, 7) is 3.04. The minimum Gasteiger partial charge on any atom is -0.396 e. The van der Waals surface area contributed by atoms with Gasteiger partial charge in [-0.05, 0) is 24.9 Å². The van der Waals surface area contributed by atoms with E-state index in [-0.39, 0.29) is 13.2 Å². The van der Waals surface area contributed by atoms with Gasteiger partial charge in [-0.2, -0.15) is 0 Å². The summed E-state index contributed by atoms with van der Waals surface area (Å²) in [4.78, 5) is 2.77. The molecule has 0 amide bonds. The van der Waals surface area contributed by atoms with Crippen LogP contribution in [0.15, 0.2) is 35.4 Å². The summed E-state index contributed by atoms with van der Waals surface area (Å²) in [7, 11) is 0. The Morgan fingerprint density at radius 2 is 2.00 bits per heavy atom. The van der Waals surface area contributed by atoms with E-state index in [4.69, 9.17) is 19.7 Å². The van der Waals surface area contributed by atoms with E-state index < -0.39 is 36.7 Å². The van der Waals surface area contributed by atoms with Crippen molar-refractivity contribution in [3.05, 3.63) is 46.3 Å². The molecule has 2 N–H and O–H groups in total. The van der Waals surface area contributed by atoms with E-state index in [1.165, 1.54) is 0 Å². The fourth-order valence-corrected chi connectivity index (χ4v) is 2.75. The zero-order chi connectivity index (χ0) is 17.6. The summed E-state index contributed by atoms with van der Waals surface area (Å²) in [5.41, 5.74) is 9.67. The first-order chi connectivity index (χ1) is 11.5. The molecule has 1 heterocycles. The average Bonchev–Trinajstić information content (AvgIpc) is 2.89. The molecule has 4 atom stereocenters. The molecule has 132 valence electrons. The highest BCUT2D eigenvalue weighted by Gasteiger charge is 2.47. The first-order valence-electron chi connectivity index (χ1n) is 7.78. The highest BCUT2D eigenvalue weighted by molar-refractivity contribution is 5.13. The molecule has 1 aliphatic rings. The standard InChI is InChI=1S/C16H23N3O5/c1-16(2)23-13(9-21)15(24-16)14(12(8-20)18-19-17)22-10-11-6-4-3-5-7-11/h3-7,12-15,20-21H,8-10H2,1-2H3/t12-,13-,14-,15-/m1/s1. The molecule has 0 unspecified atom stereocenters. The van der Waals surface area contributed by atoms with Crippen LogP contribution in [0.4, 0.5) is 0 Å². The van der Waals surface area contributed by atoms with Gasteiger partial charge in [-0.3, -0.25) is 0 Å². The van der Waals surface area contributed by atoms with Crippen molar-refractivity contribution in [1.29, 1.82) is 0 Å². The number of hydrogen-bond donors (Lipinski definition) is 2. The number of rotatable bonds is 8. The largest absolute Gasteiger partial charge is 0.396 e. The molecule has 0 aliphatic carbocycles. The fourth-order valence-electron chi connectivity index (χ4n) is 2.75. The molecule has 2 rings (SSSR count). The van der Waals surface area contributed by atoms with E-state index >= 15 is 0 Å². The second-order valence-electron chi connectivity index (χ2n) is 6.04. The second kappa shape index (κ2) is 8.43. The molecule has 24 heavy (non-hydrogen) atoms. The lowest BCUT2D eigenvalue weighted by Crippen LogP contribution is -2.46. The second-order valence-corrected chi connectivity index (χ2v) is 6.04. The van der Waals surface area contributed by atoms with Gasteiger partial charge in [0.05, 0.1) is 32.0 Å². The Labute approximate surface area is 140 Å². The molecule has 8 heteroatoms. The third-order valence-electron chi connectivity index (χ3n) is 3.78. The predicted molar refractivity (Wildman–Crippen MR) is 85.9 cm³/mol. The third-order valence-corrected chi connectivity index (χ3v) is 3.78. The lowest BCUT2D eigenvalue weighted by atomic mass is 10.0. The molecule has 0 bridgehead atoms. The van der Waals surface area contributed by atoms with Gasteiger partial charge in [-0.1, -0.05) is 35.4 Å². The first kappa shape index (κ1) is 18.7. The Morgan fingerprint density at radius 1 is 1.29 bits per heavy atom. The SMILES string of the molecule is CC1(C)O[C@@H]([C@H](OCc2ccccc2)[C@@H](CO)N=[N+]=[N-])[C@@H](CO)O1. The minimum absolute atomic E-state index is 0.251. The summed E-state index contributed by atoms with van der Waals surface area (Å²) in [5, 5.41) is 22.7. The van der Waals surface area contributed by atoms with E-state index in [9.17, 15) is 10.2 Å². The van der Waals surface area contributed by atoms with Crippen LogP contribution in [0.1, 0.15) is 19.4 Å². The molecule has 0 radical (unpaired) electrons. The lowest BCUT2D eigenvalue weighted by molar-refractivity contribution is -0.164. The maximum Gasteiger partial charge on any atom is 0.164 e. The number of hydrogen-bond acceptors (Lipinski definition) is 6. The fraction of sp³-hybridized carbons (Fsp3) is 0.625. The van der Waals surface area contributed by atoms with Crippen molar-refractivity contribution in [2.45, 2.75) is 50.6 Å². The molecule has 1 aliphatic heterocycles. The van der Waals surface area contributed by atoms with Gasteiger partial charge in [0, 0.05) is 4.91 Å². The first-order valence-corrected chi connectivity index (χ1v) is 7.78. The van der Waals surface area contributed by atoms with Crippen LogP contribution in [0.5, 0.6) is 0 Å². The van der Waals surface area contributed by atoms with Crippen LogP contribution in [0.25, 0.3) is 10.4 Å². The molecule has 0 aromatic heterocycles. The molecule has 8 nitrogen and oxygen atoms in total. The maximum absolute atomic E-state index is 9.57. The smallest absolute Gasteiger partial charge is 0.164 e. The van der Waals surface area contributed by atoms with E-state index in [2.05, 4.69) is 10.0 Å². The van der Waals surface area contributed by atoms with Gasteiger partial charge in [-0.25, -0.2) is 0 Å². The molecule has 0 saturated carbocycles. The van der Waals surface area contributed by atoms with Gasteiger partial charge in [0.2, 0.25) is 0 Å². The summed E-state index contributed by atoms with van der Waals surface area (Å²) in [6.07, 6.45) is -2.06. The zero-order valence-electron chi connectivity index (χ0n) is 13.8. The monoisotopic (exact) mass is 337 g/mol. The number of aliphatic hydroxyl groups is 2. The normalized spacial score (nSPS) is 25.0. The molecular formula is C16H23N3O5. The molecule has 1 aromatic carbocycles. The Balaban J connectivity index is 2.20. The van der Waals surface area contributed by atoms with Gasteiger partial charge in [0.25, 0.3) is 0 Å². The number of benzene rings is 1. The van der Waals surface area contributed by atoms with Crippen molar-refractivity contribution in [2.75, 3.05) is 13.2 Å². The van der Waals surface area contributed by atoms with Gasteiger partial charge < -0.3 is 24.4 Å². The van der Waals surface area contributed by atoms with Crippen LogP contribution in [-0.2, 0) is 20.8 Å². The van der Waals surface area contributed by atoms with Crippen molar-refractivity contribution in [1.82, 2.24) is 0 Å². The average molecular weight is 337 g/mol. The van der Waals surface area contributed by atoms with Gasteiger partial charge in [0.15, 0.2) is 5.79 Å². The van der Waals surface area contributed by atoms with Gasteiger partial charge in [0.1, 0.15) is 12.2 Å². The van der Waals surface area contributed by atoms with Gasteiger partial charge >= 0.3 is 0 Å². The van der Waals surface area contributed by atoms with Crippen LogP contribution in [0.3, 0.4) is 0 Å². The van der Waals surface area contributed by atoms with Crippen LogP contribution < -0.4 is 0 Å². The van der Waals surface area contributed by atoms with Crippen LogP contribution in [0.2, 0.25) is 0 Å². The maximum atomic E-state index is 9.57. The zero-order valence-corrected chi connectivity index (χ0v) is 13.8. The van der Waals surface area contributed by atoms with Crippen molar-refractivity contribution in [3.8, 4) is 0 Å². The Kier molecular flexibility index (Phi) is 6.56. The van der Waals surface area contributed by atoms with Crippen molar-refractivity contribution in [3.63, 3.8) is 0 Å². The number of nitrogens with zero attached hydrogens (tertiary/aromatic N) is 3. The Hall–Kier alpha value is -1.67. The topological polar surface area (TPSA) is 117 Å². The highest BCUT2D eigenvalue weighted by Crippen LogP contribution is 2.32. The molecular weight excluding hydrogens is 314 g/mol. The quantitative estimate of drug-likeness (QED) is 0.426. The predicted octanol–water partition coefficient (Wildman–Crippen LogP) is 1.76. The minimum atomic E-state index is -0.900. The van der Waals surface area contributed by atoms with E-state index in [0.29, 0.717) is 0 Å². The molecule has 0 spiro atoms. The van der Waals surface area contributed by atoms with Crippen LogP contribution in [0, 0.1) is 0 Å².